The van der Waals surface area contributed by atoms with Gasteiger partial charge in [0.05, 0.1) is 4.90 Å². The highest BCUT2D eigenvalue weighted by molar-refractivity contribution is 7.89. The van der Waals surface area contributed by atoms with Crippen LogP contribution in [0.3, 0.4) is 0 Å². The minimum Gasteiger partial charge on any atom is -0.200 e. The van der Waals surface area contributed by atoms with Crippen molar-refractivity contribution in [2.24, 2.45) is 16.9 Å². The summed E-state index contributed by atoms with van der Waals surface area (Å²) in [4.78, 5) is 2.76. The summed E-state index contributed by atoms with van der Waals surface area (Å²) in [5, 5.41) is 4.36. The van der Waals surface area contributed by atoms with Gasteiger partial charge in [-0.05, 0) is 56.6 Å². The van der Waals surface area contributed by atoms with E-state index < -0.39 is 10.0 Å². The topological polar surface area (TPSA) is 58.5 Å². The fourth-order valence-corrected chi connectivity index (χ4v) is 4.59. The number of rotatable bonds is 3. The molecule has 23 heavy (non-hydrogen) atoms. The molecule has 3 aliphatic rings. The van der Waals surface area contributed by atoms with Crippen LogP contribution in [0.4, 0.5) is 0 Å². The second-order valence-electron chi connectivity index (χ2n) is 6.99. The molecule has 0 aromatic heterocycles. The molecule has 2 atom stereocenters. The molecular formula is C18H26N2O2S. The summed E-state index contributed by atoms with van der Waals surface area (Å²) in [7, 11) is -3.56. The number of fused-ring (bicyclic) bond motifs is 6. The Kier molecular flexibility index (Phi) is 5.05. The van der Waals surface area contributed by atoms with Crippen LogP contribution < -0.4 is 4.83 Å². The first kappa shape index (κ1) is 16.5. The maximum atomic E-state index is 12.4. The van der Waals surface area contributed by atoms with Crippen LogP contribution in [0.2, 0.25) is 0 Å². The zero-order chi connectivity index (χ0) is 16.3. The van der Waals surface area contributed by atoms with Gasteiger partial charge in [-0.1, -0.05) is 43.4 Å². The van der Waals surface area contributed by atoms with E-state index in [0.717, 1.165) is 30.5 Å². The van der Waals surface area contributed by atoms with Crippen molar-refractivity contribution < 1.29 is 8.42 Å². The smallest absolute Gasteiger partial charge is 0.200 e. The SMILES string of the molecule is Cc1ccc(S(=O)(=O)N/N=C2\C[C@H]3CCCCC[C@@H]2CC3)cc1. The number of benzene rings is 1. The lowest BCUT2D eigenvalue weighted by atomic mass is 9.78. The predicted molar refractivity (Wildman–Crippen MR) is 92.9 cm³/mol. The van der Waals surface area contributed by atoms with E-state index in [1.54, 1.807) is 12.1 Å². The van der Waals surface area contributed by atoms with Crippen LogP contribution in [0.15, 0.2) is 34.3 Å². The Morgan fingerprint density at radius 3 is 2.52 bits per heavy atom. The van der Waals surface area contributed by atoms with E-state index in [1.165, 1.54) is 32.1 Å². The van der Waals surface area contributed by atoms with Gasteiger partial charge in [-0.3, -0.25) is 0 Å². The lowest BCUT2D eigenvalue weighted by Gasteiger charge is -2.28. The standard InChI is InChI=1S/C18H26N2O2S/c1-14-7-11-17(12-8-14)23(21,22)20-19-18-13-15-5-3-2-4-6-16(18)10-9-15/h7-8,11-12,15-16,20H,2-6,9-10,13H2,1H3/b19-18+/t15-,16+/m0/s1. The van der Waals surface area contributed by atoms with E-state index in [-0.39, 0.29) is 4.90 Å². The summed E-state index contributed by atoms with van der Waals surface area (Å²) in [6.45, 7) is 1.94. The second kappa shape index (κ2) is 7.04. The average Bonchev–Trinajstić information content (AvgIpc) is 2.71. The molecule has 4 nitrogen and oxygen atoms in total. The Hall–Kier alpha value is -1.36. The lowest BCUT2D eigenvalue weighted by Crippen LogP contribution is -2.28. The number of nitrogens with zero attached hydrogens (tertiary/aromatic N) is 1. The number of hydrogen-bond donors (Lipinski definition) is 1. The molecule has 0 saturated heterocycles. The van der Waals surface area contributed by atoms with E-state index in [2.05, 4.69) is 9.93 Å². The molecule has 0 heterocycles. The van der Waals surface area contributed by atoms with Crippen molar-refractivity contribution in [2.45, 2.75) is 63.2 Å². The third-order valence-electron chi connectivity index (χ3n) is 5.20. The molecule has 126 valence electrons. The molecule has 1 aromatic rings. The van der Waals surface area contributed by atoms with Crippen molar-refractivity contribution in [1.29, 1.82) is 0 Å². The number of aryl methyl sites for hydroxylation is 1. The van der Waals surface area contributed by atoms with Crippen LogP contribution in [0, 0.1) is 18.8 Å². The monoisotopic (exact) mass is 334 g/mol. The number of hydrogen-bond acceptors (Lipinski definition) is 3. The fourth-order valence-electron chi connectivity index (χ4n) is 3.75. The van der Waals surface area contributed by atoms with E-state index >= 15 is 0 Å². The third-order valence-corrected chi connectivity index (χ3v) is 6.42. The molecule has 3 fully saturated rings. The summed E-state index contributed by atoms with van der Waals surface area (Å²) in [6, 6.07) is 6.88. The van der Waals surface area contributed by atoms with Crippen LogP contribution in [0.5, 0.6) is 0 Å². The molecule has 3 aliphatic carbocycles. The first-order valence-corrected chi connectivity index (χ1v) is 10.2. The van der Waals surface area contributed by atoms with Crippen LogP contribution in [0.1, 0.15) is 56.9 Å². The Labute approximate surface area is 139 Å². The molecule has 0 amide bonds. The highest BCUT2D eigenvalue weighted by Gasteiger charge is 2.28. The summed E-state index contributed by atoms with van der Waals surface area (Å²) in [5.74, 6) is 1.15. The molecule has 0 radical (unpaired) electrons. The van der Waals surface area contributed by atoms with Crippen molar-refractivity contribution in [3.8, 4) is 0 Å². The average molecular weight is 334 g/mol. The van der Waals surface area contributed by atoms with E-state index in [1.807, 2.05) is 19.1 Å². The van der Waals surface area contributed by atoms with Crippen LogP contribution >= 0.6 is 0 Å². The molecular weight excluding hydrogens is 308 g/mol. The Morgan fingerprint density at radius 2 is 1.74 bits per heavy atom. The Balaban J connectivity index is 1.76. The third kappa shape index (κ3) is 4.14. The predicted octanol–water partition coefficient (Wildman–Crippen LogP) is 4.01. The highest BCUT2D eigenvalue weighted by atomic mass is 32.2. The first-order chi connectivity index (χ1) is 11.0. The van der Waals surface area contributed by atoms with Crippen LogP contribution in [0.25, 0.3) is 0 Å². The summed E-state index contributed by atoms with van der Waals surface area (Å²) in [5.41, 5.74) is 2.11. The zero-order valence-electron chi connectivity index (χ0n) is 13.8. The summed E-state index contributed by atoms with van der Waals surface area (Å²) in [6.07, 6.45) is 9.65. The van der Waals surface area contributed by atoms with E-state index in [4.69, 9.17) is 0 Å². The largest absolute Gasteiger partial charge is 0.276 e. The van der Waals surface area contributed by atoms with Gasteiger partial charge >= 0.3 is 0 Å². The Morgan fingerprint density at radius 1 is 1.00 bits per heavy atom. The van der Waals surface area contributed by atoms with Crippen molar-refractivity contribution in [1.82, 2.24) is 4.83 Å². The molecule has 1 aromatic carbocycles. The van der Waals surface area contributed by atoms with Gasteiger partial charge in [-0.15, -0.1) is 0 Å². The second-order valence-corrected chi connectivity index (χ2v) is 8.65. The normalized spacial score (nSPS) is 27.3. The fraction of sp³-hybridized carbons (Fsp3) is 0.611. The molecule has 1 N–H and O–H groups in total. The van der Waals surface area contributed by atoms with Crippen LogP contribution in [-0.2, 0) is 10.0 Å². The molecule has 5 heteroatoms. The van der Waals surface area contributed by atoms with Gasteiger partial charge in [0, 0.05) is 5.71 Å². The minimum atomic E-state index is -3.56. The molecule has 0 unspecified atom stereocenters. The zero-order valence-corrected chi connectivity index (χ0v) is 14.6. The van der Waals surface area contributed by atoms with Crippen molar-refractivity contribution in [3.05, 3.63) is 29.8 Å². The maximum Gasteiger partial charge on any atom is 0.276 e. The number of hydrazone groups is 1. The van der Waals surface area contributed by atoms with Crippen molar-refractivity contribution in [2.75, 3.05) is 0 Å². The van der Waals surface area contributed by atoms with Gasteiger partial charge in [0.2, 0.25) is 0 Å². The van der Waals surface area contributed by atoms with Gasteiger partial charge in [-0.25, -0.2) is 4.83 Å². The summed E-state index contributed by atoms with van der Waals surface area (Å²) < 4.78 is 24.8. The van der Waals surface area contributed by atoms with Crippen molar-refractivity contribution >= 4 is 15.7 Å². The number of sulfonamides is 1. The Bertz CT molecular complexity index is 661. The first-order valence-electron chi connectivity index (χ1n) is 8.69. The number of nitrogens with one attached hydrogen (secondary N) is 1. The molecule has 2 bridgehead atoms. The molecule has 4 rings (SSSR count). The molecule has 0 aliphatic heterocycles. The van der Waals surface area contributed by atoms with Crippen LogP contribution in [-0.4, -0.2) is 14.1 Å². The van der Waals surface area contributed by atoms with Gasteiger partial charge < -0.3 is 0 Å². The van der Waals surface area contributed by atoms with Gasteiger partial charge in [0.1, 0.15) is 0 Å². The van der Waals surface area contributed by atoms with Gasteiger partial charge in [0.25, 0.3) is 10.0 Å². The van der Waals surface area contributed by atoms with Gasteiger partial charge in [-0.2, -0.15) is 13.5 Å². The van der Waals surface area contributed by atoms with E-state index in [0.29, 0.717) is 11.8 Å². The summed E-state index contributed by atoms with van der Waals surface area (Å²) >= 11 is 0. The minimum absolute atomic E-state index is 0.278. The quantitative estimate of drug-likeness (QED) is 0.849. The lowest BCUT2D eigenvalue weighted by molar-refractivity contribution is 0.385. The maximum absolute atomic E-state index is 12.4. The highest BCUT2D eigenvalue weighted by Crippen LogP contribution is 2.35. The van der Waals surface area contributed by atoms with Gasteiger partial charge in [0.15, 0.2) is 0 Å². The van der Waals surface area contributed by atoms with Crippen molar-refractivity contribution in [3.63, 3.8) is 0 Å². The molecule has 0 spiro atoms. The van der Waals surface area contributed by atoms with E-state index in [9.17, 15) is 8.42 Å². The molecule has 3 saturated carbocycles.